The second kappa shape index (κ2) is 5.89. The van der Waals surface area contributed by atoms with Crippen LogP contribution in [0.15, 0.2) is 42.5 Å². The molecule has 2 nitrogen and oxygen atoms in total. The lowest BCUT2D eigenvalue weighted by Crippen LogP contribution is -2.12. The van der Waals surface area contributed by atoms with Crippen molar-refractivity contribution in [3.05, 3.63) is 64.2 Å². The lowest BCUT2D eigenvalue weighted by Gasteiger charge is -2.09. The zero-order chi connectivity index (χ0) is 13.8. The molecule has 0 unspecified atom stereocenters. The minimum Gasteiger partial charge on any atom is -0.485 e. The number of ketones is 1. The quantitative estimate of drug-likeness (QED) is 0.781. The first-order valence-electron chi connectivity index (χ1n) is 6.05. The van der Waals surface area contributed by atoms with Crippen LogP contribution in [0.3, 0.4) is 0 Å². The molecule has 0 aliphatic carbocycles. The van der Waals surface area contributed by atoms with E-state index in [1.165, 1.54) is 5.56 Å². The molecular weight excluding hydrogens is 260 g/mol. The Morgan fingerprint density at radius 2 is 1.89 bits per heavy atom. The van der Waals surface area contributed by atoms with Crippen molar-refractivity contribution in [2.45, 2.75) is 13.8 Å². The van der Waals surface area contributed by atoms with Crippen molar-refractivity contribution >= 4 is 17.4 Å². The summed E-state index contributed by atoms with van der Waals surface area (Å²) in [6.45, 7) is 3.97. The van der Waals surface area contributed by atoms with E-state index in [-0.39, 0.29) is 12.4 Å². The van der Waals surface area contributed by atoms with Gasteiger partial charge in [-0.05, 0) is 37.6 Å². The maximum atomic E-state index is 12.0. The number of ether oxygens (including phenoxy) is 1. The summed E-state index contributed by atoms with van der Waals surface area (Å²) in [6, 6.07) is 12.9. The minimum atomic E-state index is -0.120. The van der Waals surface area contributed by atoms with Crippen LogP contribution in [0, 0.1) is 13.8 Å². The summed E-state index contributed by atoms with van der Waals surface area (Å²) in [6.07, 6.45) is 0. The number of hydrogen-bond donors (Lipinski definition) is 0. The lowest BCUT2D eigenvalue weighted by atomic mass is 10.1. The highest BCUT2D eigenvalue weighted by molar-refractivity contribution is 6.34. The van der Waals surface area contributed by atoms with E-state index >= 15 is 0 Å². The fourth-order valence-corrected chi connectivity index (χ4v) is 2.11. The van der Waals surface area contributed by atoms with E-state index in [0.717, 1.165) is 11.3 Å². The van der Waals surface area contributed by atoms with Crippen molar-refractivity contribution in [3.63, 3.8) is 0 Å². The Hall–Kier alpha value is -1.80. The van der Waals surface area contributed by atoms with Gasteiger partial charge in [0.15, 0.2) is 6.61 Å². The fraction of sp³-hybridized carbons (Fsp3) is 0.188. The molecule has 2 rings (SSSR count). The summed E-state index contributed by atoms with van der Waals surface area (Å²) in [5, 5.41) is 0.455. The van der Waals surface area contributed by atoms with E-state index in [4.69, 9.17) is 16.3 Å². The van der Waals surface area contributed by atoms with Gasteiger partial charge in [0.25, 0.3) is 0 Å². The maximum Gasteiger partial charge on any atom is 0.201 e. The molecule has 0 heterocycles. The van der Waals surface area contributed by atoms with Crippen LogP contribution in [0.4, 0.5) is 0 Å². The third-order valence-electron chi connectivity index (χ3n) is 2.86. The summed E-state index contributed by atoms with van der Waals surface area (Å²) in [4.78, 5) is 12.0. The summed E-state index contributed by atoms with van der Waals surface area (Å²) >= 11 is 5.98. The summed E-state index contributed by atoms with van der Waals surface area (Å²) in [7, 11) is 0. The maximum absolute atomic E-state index is 12.0. The van der Waals surface area contributed by atoms with Gasteiger partial charge in [0.2, 0.25) is 5.78 Å². The standard InChI is InChI=1S/C16H15ClO2/c1-11-7-8-16(12(2)9-11)19-10-15(18)13-5-3-4-6-14(13)17/h3-9H,10H2,1-2H3. The average Bonchev–Trinajstić information content (AvgIpc) is 2.38. The molecule has 0 bridgehead atoms. The van der Waals surface area contributed by atoms with Gasteiger partial charge in [0, 0.05) is 5.56 Å². The predicted molar refractivity (Wildman–Crippen MR) is 77.2 cm³/mol. The molecule has 0 atom stereocenters. The lowest BCUT2D eigenvalue weighted by molar-refractivity contribution is 0.0921. The Bertz CT molecular complexity index is 605. The number of benzene rings is 2. The zero-order valence-electron chi connectivity index (χ0n) is 10.9. The highest BCUT2D eigenvalue weighted by atomic mass is 35.5. The highest BCUT2D eigenvalue weighted by Gasteiger charge is 2.11. The SMILES string of the molecule is Cc1ccc(OCC(=O)c2ccccc2Cl)c(C)c1. The molecule has 0 amide bonds. The van der Waals surface area contributed by atoms with Crippen LogP contribution in [0.2, 0.25) is 5.02 Å². The number of halogens is 1. The first-order valence-corrected chi connectivity index (χ1v) is 6.43. The molecule has 0 saturated carbocycles. The largest absolute Gasteiger partial charge is 0.485 e. The molecule has 0 spiro atoms. The van der Waals surface area contributed by atoms with Crippen LogP contribution in [0.25, 0.3) is 0 Å². The molecule has 2 aromatic carbocycles. The number of carbonyl (C=O) groups excluding carboxylic acids is 1. The number of Topliss-reactive ketones (excluding diaryl/α,β-unsaturated/α-hetero) is 1. The average molecular weight is 275 g/mol. The van der Waals surface area contributed by atoms with Gasteiger partial charge in [-0.3, -0.25) is 4.79 Å². The van der Waals surface area contributed by atoms with E-state index < -0.39 is 0 Å². The van der Waals surface area contributed by atoms with Crippen LogP contribution in [0.5, 0.6) is 5.75 Å². The molecule has 2 aromatic rings. The van der Waals surface area contributed by atoms with E-state index in [2.05, 4.69) is 0 Å². The van der Waals surface area contributed by atoms with Crippen LogP contribution in [0.1, 0.15) is 21.5 Å². The van der Waals surface area contributed by atoms with Crippen LogP contribution in [-0.4, -0.2) is 12.4 Å². The molecule has 0 radical (unpaired) electrons. The molecule has 0 saturated heterocycles. The Morgan fingerprint density at radius 1 is 1.16 bits per heavy atom. The van der Waals surface area contributed by atoms with Gasteiger partial charge in [-0.15, -0.1) is 0 Å². The van der Waals surface area contributed by atoms with Crippen molar-refractivity contribution in [1.29, 1.82) is 0 Å². The summed E-state index contributed by atoms with van der Waals surface area (Å²) < 4.78 is 5.55. The van der Waals surface area contributed by atoms with Gasteiger partial charge in [-0.25, -0.2) is 0 Å². The van der Waals surface area contributed by atoms with E-state index in [0.29, 0.717) is 10.6 Å². The van der Waals surface area contributed by atoms with Gasteiger partial charge in [-0.1, -0.05) is 41.4 Å². The first-order chi connectivity index (χ1) is 9.08. The molecular formula is C16H15ClO2. The fourth-order valence-electron chi connectivity index (χ4n) is 1.87. The number of aryl methyl sites for hydroxylation is 2. The second-order valence-electron chi connectivity index (χ2n) is 4.46. The van der Waals surface area contributed by atoms with Crippen molar-refractivity contribution < 1.29 is 9.53 Å². The summed E-state index contributed by atoms with van der Waals surface area (Å²) in [5.74, 6) is 0.608. The Kier molecular flexibility index (Phi) is 4.23. The minimum absolute atomic E-state index is 0.00632. The van der Waals surface area contributed by atoms with Crippen molar-refractivity contribution in [2.24, 2.45) is 0 Å². The zero-order valence-corrected chi connectivity index (χ0v) is 11.7. The first kappa shape index (κ1) is 13.6. The smallest absolute Gasteiger partial charge is 0.201 e. The monoisotopic (exact) mass is 274 g/mol. The topological polar surface area (TPSA) is 26.3 Å². The molecule has 19 heavy (non-hydrogen) atoms. The van der Waals surface area contributed by atoms with Crippen LogP contribution >= 0.6 is 11.6 Å². The number of carbonyl (C=O) groups is 1. The summed E-state index contributed by atoms with van der Waals surface area (Å²) in [5.41, 5.74) is 2.68. The van der Waals surface area contributed by atoms with Crippen LogP contribution in [-0.2, 0) is 0 Å². The Balaban J connectivity index is 2.07. The Labute approximate surface area is 118 Å². The third-order valence-corrected chi connectivity index (χ3v) is 3.19. The van der Waals surface area contributed by atoms with Gasteiger partial charge >= 0.3 is 0 Å². The highest BCUT2D eigenvalue weighted by Crippen LogP contribution is 2.20. The van der Waals surface area contributed by atoms with Gasteiger partial charge in [0.05, 0.1) is 5.02 Å². The normalized spacial score (nSPS) is 10.3. The van der Waals surface area contributed by atoms with E-state index in [1.807, 2.05) is 32.0 Å². The second-order valence-corrected chi connectivity index (χ2v) is 4.87. The van der Waals surface area contributed by atoms with Gasteiger partial charge in [0.1, 0.15) is 5.75 Å². The van der Waals surface area contributed by atoms with Crippen molar-refractivity contribution in [1.82, 2.24) is 0 Å². The molecule has 0 aliphatic heterocycles. The predicted octanol–water partition coefficient (Wildman–Crippen LogP) is 4.22. The third kappa shape index (κ3) is 3.36. The Morgan fingerprint density at radius 3 is 2.58 bits per heavy atom. The molecule has 98 valence electrons. The van der Waals surface area contributed by atoms with Crippen LogP contribution < -0.4 is 4.74 Å². The molecule has 0 N–H and O–H groups in total. The van der Waals surface area contributed by atoms with Crippen molar-refractivity contribution in [3.8, 4) is 5.75 Å². The van der Waals surface area contributed by atoms with Gasteiger partial charge < -0.3 is 4.74 Å². The number of rotatable bonds is 4. The van der Waals surface area contributed by atoms with E-state index in [9.17, 15) is 4.79 Å². The van der Waals surface area contributed by atoms with Crippen molar-refractivity contribution in [2.75, 3.05) is 6.61 Å². The molecule has 3 heteroatoms. The number of hydrogen-bond acceptors (Lipinski definition) is 2. The van der Waals surface area contributed by atoms with E-state index in [1.54, 1.807) is 24.3 Å². The molecule has 0 fully saturated rings. The molecule has 0 aliphatic rings. The molecule has 0 aromatic heterocycles. The van der Waals surface area contributed by atoms with Gasteiger partial charge in [-0.2, -0.15) is 0 Å².